The smallest absolute Gasteiger partial charge is 0.786 e. The molecule has 0 unspecified atom stereocenters. The van der Waals surface area contributed by atoms with E-state index in [0.29, 0.717) is 0 Å². The van der Waals surface area contributed by atoms with Crippen LogP contribution in [0.2, 0.25) is 0 Å². The molecular weight excluding hydrogens is 327 g/mol. The molecule has 0 amide bonds. The minimum absolute atomic E-state index is 0. The second kappa shape index (κ2) is 24.3. The Balaban J connectivity index is -0.0000000606. The van der Waals surface area contributed by atoms with Crippen molar-refractivity contribution in [3.8, 4) is 0 Å². The van der Waals surface area contributed by atoms with Gasteiger partial charge in [0.15, 0.2) is 0 Å². The molecule has 0 atom stereocenters. The van der Waals surface area contributed by atoms with Crippen molar-refractivity contribution >= 4 is 49.2 Å². The minimum atomic E-state index is 0. The number of hydrogen-bond acceptors (Lipinski definition) is 2. The third-order valence-corrected chi connectivity index (χ3v) is 1.94. The molecule has 4 radical (unpaired) electrons. The average molecular weight is 351 g/mol. The van der Waals surface area contributed by atoms with Gasteiger partial charge in [-0.3, -0.25) is 0 Å². The van der Waals surface area contributed by atoms with Crippen LogP contribution in [-0.2, 0) is 25.3 Å². The summed E-state index contributed by atoms with van der Waals surface area (Å²) in [5.74, 6) is 0. The summed E-state index contributed by atoms with van der Waals surface area (Å²) in [6, 6.07) is 0. The third-order valence-electron chi connectivity index (χ3n) is 1.20. The molecule has 0 rings (SSSR count). The zero-order valence-corrected chi connectivity index (χ0v) is 15.0. The van der Waals surface area contributed by atoms with Gasteiger partial charge in [-0.1, -0.05) is 67.2 Å². The molecule has 0 aliphatic heterocycles. The van der Waals surface area contributed by atoms with Gasteiger partial charge in [0.05, 0.1) is 0 Å². The molecule has 0 aromatic carbocycles. The van der Waals surface area contributed by atoms with Crippen LogP contribution in [-0.4, -0.2) is 23.9 Å². The van der Waals surface area contributed by atoms with E-state index >= 15 is 0 Å². The van der Waals surface area contributed by atoms with Gasteiger partial charge in [0.1, 0.15) is 0 Å². The van der Waals surface area contributed by atoms with Crippen LogP contribution in [0.5, 0.6) is 0 Å². The van der Waals surface area contributed by atoms with Gasteiger partial charge in [-0.2, -0.15) is 0 Å². The van der Waals surface area contributed by atoms with Crippen molar-refractivity contribution in [2.45, 2.75) is 53.4 Å². The van der Waals surface area contributed by atoms with E-state index in [4.69, 9.17) is 0 Å². The van der Waals surface area contributed by atoms with E-state index < -0.39 is 0 Å². The third kappa shape index (κ3) is 51.8. The van der Waals surface area contributed by atoms with E-state index in [0.717, 1.165) is 22.7 Å². The van der Waals surface area contributed by atoms with Gasteiger partial charge in [0.25, 0.3) is 0 Å². The van der Waals surface area contributed by atoms with Crippen LogP contribution < -0.4 is 0 Å². The van der Waals surface area contributed by atoms with Crippen molar-refractivity contribution in [1.82, 2.24) is 0 Å². The Hall–Kier alpha value is 0.979. The number of hydrogen-bond donors (Lipinski definition) is 0. The fourth-order valence-corrected chi connectivity index (χ4v) is 0. The minimum Gasteiger partial charge on any atom is -0.786 e. The second-order valence-electron chi connectivity index (χ2n) is 2.82. The Kier molecular flexibility index (Phi) is 40.4. The number of allylic oxidation sites excluding steroid dienone is 2. The molecule has 0 spiro atoms. The quantitative estimate of drug-likeness (QED) is 0.541. The van der Waals surface area contributed by atoms with Crippen LogP contribution in [0, 0.1) is 13.8 Å². The van der Waals surface area contributed by atoms with Gasteiger partial charge in [-0.25, -0.2) is 9.81 Å². The van der Waals surface area contributed by atoms with E-state index in [1.54, 1.807) is 0 Å². The maximum absolute atomic E-state index is 4.68. The summed E-state index contributed by atoms with van der Waals surface area (Å²) < 4.78 is 0. The molecule has 0 heterocycles. The first-order valence-electron chi connectivity index (χ1n) is 5.07. The van der Waals surface area contributed by atoms with Crippen LogP contribution in [0.3, 0.4) is 0 Å². The first kappa shape index (κ1) is 25.0. The Bertz CT molecular complexity index is 96.8. The summed E-state index contributed by atoms with van der Waals surface area (Å²) in [6.45, 7) is 15.1. The molecule has 0 saturated carbocycles. The zero-order chi connectivity index (χ0) is 12.0. The summed E-state index contributed by atoms with van der Waals surface area (Å²) in [5.41, 5.74) is 0. The van der Waals surface area contributed by atoms with Crippen molar-refractivity contribution in [1.29, 1.82) is 0 Å². The molecule has 0 nitrogen and oxygen atoms in total. The topological polar surface area (TPSA) is 0 Å². The van der Waals surface area contributed by atoms with Gasteiger partial charge in [-0.15, -0.1) is 0 Å². The van der Waals surface area contributed by atoms with E-state index in [-0.39, 0.29) is 23.9 Å². The van der Waals surface area contributed by atoms with Crippen LogP contribution in [0.4, 0.5) is 0 Å². The predicted octanol–water partition coefficient (Wildman–Crippen LogP) is 4.19. The monoisotopic (exact) mass is 352 g/mol. The van der Waals surface area contributed by atoms with Crippen LogP contribution in [0.25, 0.3) is 0 Å². The zero-order valence-electron chi connectivity index (χ0n) is 10.6. The Morgan fingerprint density at radius 3 is 1.00 bits per heavy atom. The fourth-order valence-electron chi connectivity index (χ4n) is 0. The van der Waals surface area contributed by atoms with E-state index in [1.165, 1.54) is 12.8 Å². The molecule has 88 valence electrons. The molecule has 0 aromatic heterocycles. The standard InChI is InChI=1S/C4H8S2.2C4H9.Sn/c1-3(5)4(2)6;2*1-3-4-2;/h5-6H,1-2H3;2*1,3-4H2,2H3;/q;;;+2/p-2/b4-3-;;;. The van der Waals surface area contributed by atoms with Gasteiger partial charge in [-0.05, 0) is 0 Å². The number of unbranched alkanes of at least 4 members (excludes halogenated alkanes) is 2. The van der Waals surface area contributed by atoms with Gasteiger partial charge < -0.3 is 25.3 Å². The summed E-state index contributed by atoms with van der Waals surface area (Å²) in [5, 5.41) is 0. The SMILES string of the molecule is C/C([S-])=C(\C)[S-].[CH2]CCC.[CH2]CCC.[Sn+2]. The second-order valence-corrected chi connectivity index (χ2v) is 4.04. The largest absolute Gasteiger partial charge is 2.00 e. The normalized spacial score (nSPS) is 9.47. The van der Waals surface area contributed by atoms with Gasteiger partial charge >= 0.3 is 23.9 Å². The van der Waals surface area contributed by atoms with Gasteiger partial charge in [0.2, 0.25) is 0 Å². The summed E-state index contributed by atoms with van der Waals surface area (Å²) in [4.78, 5) is 1.65. The Morgan fingerprint density at radius 1 is 0.867 bits per heavy atom. The maximum atomic E-state index is 4.68. The van der Waals surface area contributed by atoms with Gasteiger partial charge in [0, 0.05) is 0 Å². The molecule has 0 saturated heterocycles. The van der Waals surface area contributed by atoms with Crippen molar-refractivity contribution in [2.75, 3.05) is 0 Å². The molecule has 0 aromatic rings. The van der Waals surface area contributed by atoms with Crippen molar-refractivity contribution < 1.29 is 0 Å². The van der Waals surface area contributed by atoms with Crippen LogP contribution >= 0.6 is 0 Å². The fraction of sp³-hybridized carbons (Fsp3) is 0.667. The molecule has 15 heavy (non-hydrogen) atoms. The van der Waals surface area contributed by atoms with Crippen molar-refractivity contribution in [2.24, 2.45) is 0 Å². The van der Waals surface area contributed by atoms with Crippen molar-refractivity contribution in [3.05, 3.63) is 23.7 Å². The molecule has 3 heteroatoms. The Labute approximate surface area is 125 Å². The Morgan fingerprint density at radius 2 is 1.00 bits per heavy atom. The molecular formula is C12H24S2Sn. The summed E-state index contributed by atoms with van der Waals surface area (Å²) in [6.07, 6.45) is 4.56. The molecule has 0 aliphatic rings. The summed E-state index contributed by atoms with van der Waals surface area (Å²) in [7, 11) is 0. The molecule has 0 fully saturated rings. The van der Waals surface area contributed by atoms with Crippen LogP contribution in [0.15, 0.2) is 9.81 Å². The first-order valence-corrected chi connectivity index (χ1v) is 5.89. The molecule has 0 N–H and O–H groups in total. The molecule has 0 bridgehead atoms. The average Bonchev–Trinajstić information content (AvgIpc) is 2.18. The first-order chi connectivity index (χ1) is 6.47. The van der Waals surface area contributed by atoms with Crippen LogP contribution in [0.1, 0.15) is 53.4 Å². The van der Waals surface area contributed by atoms with Crippen molar-refractivity contribution in [3.63, 3.8) is 0 Å². The van der Waals surface area contributed by atoms with E-state index in [9.17, 15) is 0 Å². The number of rotatable bonds is 2. The predicted molar refractivity (Wildman–Crippen MR) is 79.4 cm³/mol. The summed E-state index contributed by atoms with van der Waals surface area (Å²) >= 11 is 9.36. The molecule has 0 aliphatic carbocycles. The van der Waals surface area contributed by atoms with E-state index in [1.807, 2.05) is 13.8 Å². The van der Waals surface area contributed by atoms with E-state index in [2.05, 4.69) is 53.0 Å². The maximum Gasteiger partial charge on any atom is 2.00 e.